The van der Waals surface area contributed by atoms with Crippen LogP contribution in [0, 0.1) is 11.8 Å². The molecule has 14 heavy (non-hydrogen) atoms. The average Bonchev–Trinajstić information content (AvgIpc) is 2.01. The Bertz CT molecular complexity index is 167. The van der Waals surface area contributed by atoms with Crippen molar-refractivity contribution in [3.63, 3.8) is 0 Å². The van der Waals surface area contributed by atoms with E-state index in [9.17, 15) is 18.3 Å². The van der Waals surface area contributed by atoms with Crippen LogP contribution in [0.2, 0.25) is 0 Å². The van der Waals surface area contributed by atoms with Gasteiger partial charge in [0.1, 0.15) is 7.85 Å². The van der Waals surface area contributed by atoms with Crippen molar-refractivity contribution in [2.45, 2.75) is 44.3 Å². The van der Waals surface area contributed by atoms with Crippen LogP contribution in [-0.4, -0.2) is 24.6 Å². The summed E-state index contributed by atoms with van der Waals surface area (Å²) in [6, 6.07) is 0. The molecule has 1 nitrogen and oxygen atoms in total. The van der Waals surface area contributed by atoms with Gasteiger partial charge in [-0.05, 0) is 38.5 Å². The third-order valence-electron chi connectivity index (χ3n) is 3.02. The molecule has 1 saturated carbocycles. The normalized spacial score (nSPS) is 33.8. The summed E-state index contributed by atoms with van der Waals surface area (Å²) >= 11 is 0. The highest BCUT2D eigenvalue weighted by molar-refractivity contribution is 6.14. The molecule has 0 amide bonds. The highest BCUT2D eigenvalue weighted by Gasteiger charge is 2.43. The summed E-state index contributed by atoms with van der Waals surface area (Å²) in [5.41, 5.74) is -1.34. The molecule has 0 aromatic carbocycles. The fourth-order valence-corrected chi connectivity index (χ4v) is 2.01. The second kappa shape index (κ2) is 3.76. The molecule has 1 rings (SSSR count). The van der Waals surface area contributed by atoms with Crippen molar-refractivity contribution in [1.82, 2.24) is 0 Å². The van der Waals surface area contributed by atoms with E-state index in [1.54, 1.807) is 0 Å². The molecular formula is C9H14BF3O. The van der Waals surface area contributed by atoms with Crippen LogP contribution in [0.4, 0.5) is 13.2 Å². The minimum atomic E-state index is -4.09. The number of rotatable bonds is 1. The molecule has 0 aromatic heterocycles. The van der Waals surface area contributed by atoms with E-state index < -0.39 is 17.6 Å². The van der Waals surface area contributed by atoms with Gasteiger partial charge in [0.25, 0.3) is 0 Å². The molecule has 0 heterocycles. The van der Waals surface area contributed by atoms with E-state index in [1.807, 2.05) is 0 Å². The van der Waals surface area contributed by atoms with Gasteiger partial charge in [0.15, 0.2) is 0 Å². The standard InChI is InChI=1S/C9H14BF3O/c1-8(10,14)6-2-4-7(5-3-6)9(11,12)13/h6-7,14H,2-5H2,1H3. The minimum Gasteiger partial charge on any atom is -0.400 e. The lowest BCUT2D eigenvalue weighted by Gasteiger charge is -2.36. The summed E-state index contributed by atoms with van der Waals surface area (Å²) in [4.78, 5) is 0. The van der Waals surface area contributed by atoms with E-state index in [-0.39, 0.29) is 18.8 Å². The van der Waals surface area contributed by atoms with Crippen molar-refractivity contribution in [3.8, 4) is 0 Å². The van der Waals surface area contributed by atoms with E-state index in [1.165, 1.54) is 6.92 Å². The maximum atomic E-state index is 12.3. The lowest BCUT2D eigenvalue weighted by Crippen LogP contribution is -2.39. The lowest BCUT2D eigenvalue weighted by atomic mass is 9.65. The zero-order valence-corrected chi connectivity index (χ0v) is 8.14. The Hall–Kier alpha value is -0.185. The van der Waals surface area contributed by atoms with Gasteiger partial charge in [-0.1, -0.05) is 0 Å². The molecule has 1 aliphatic rings. The lowest BCUT2D eigenvalue weighted by molar-refractivity contribution is -0.186. The zero-order valence-electron chi connectivity index (χ0n) is 8.14. The third-order valence-corrected chi connectivity index (χ3v) is 3.02. The first-order valence-electron chi connectivity index (χ1n) is 4.79. The average molecular weight is 206 g/mol. The SMILES string of the molecule is [B]C(C)(O)C1CCC(C(F)(F)F)CC1. The quantitative estimate of drug-likeness (QED) is 0.652. The molecule has 0 aliphatic heterocycles. The fourth-order valence-electron chi connectivity index (χ4n) is 2.01. The van der Waals surface area contributed by atoms with E-state index in [4.69, 9.17) is 7.85 Å². The molecule has 80 valence electrons. The van der Waals surface area contributed by atoms with Crippen molar-refractivity contribution in [2.75, 3.05) is 0 Å². The molecule has 0 bridgehead atoms. The Balaban J connectivity index is 2.47. The van der Waals surface area contributed by atoms with Crippen LogP contribution in [0.5, 0.6) is 0 Å². The first-order valence-corrected chi connectivity index (χ1v) is 4.79. The maximum Gasteiger partial charge on any atom is 0.391 e. The predicted octanol–water partition coefficient (Wildman–Crippen LogP) is 2.23. The number of hydrogen-bond acceptors (Lipinski definition) is 1. The summed E-state index contributed by atoms with van der Waals surface area (Å²) in [5, 5.41) is 9.43. The molecule has 1 fully saturated rings. The molecule has 1 aliphatic carbocycles. The van der Waals surface area contributed by atoms with Gasteiger partial charge in [-0.3, -0.25) is 0 Å². The number of alkyl halides is 3. The van der Waals surface area contributed by atoms with Gasteiger partial charge in [0.05, 0.1) is 5.92 Å². The van der Waals surface area contributed by atoms with Crippen LogP contribution in [0.15, 0.2) is 0 Å². The van der Waals surface area contributed by atoms with Crippen LogP contribution in [-0.2, 0) is 0 Å². The molecule has 1 atom stereocenters. The summed E-state index contributed by atoms with van der Waals surface area (Å²) in [5.74, 6) is -1.41. The highest BCUT2D eigenvalue weighted by atomic mass is 19.4. The Labute approximate surface area is 83.1 Å². The summed E-state index contributed by atoms with van der Waals surface area (Å²) in [6.45, 7) is 1.45. The van der Waals surface area contributed by atoms with Crippen molar-refractivity contribution in [1.29, 1.82) is 0 Å². The van der Waals surface area contributed by atoms with E-state index in [0.29, 0.717) is 12.8 Å². The van der Waals surface area contributed by atoms with E-state index >= 15 is 0 Å². The summed E-state index contributed by atoms with van der Waals surface area (Å²) in [6.07, 6.45) is -3.21. The summed E-state index contributed by atoms with van der Waals surface area (Å²) in [7, 11) is 5.44. The van der Waals surface area contributed by atoms with E-state index in [2.05, 4.69) is 0 Å². The second-order valence-corrected chi connectivity index (χ2v) is 4.32. The van der Waals surface area contributed by atoms with Crippen LogP contribution >= 0.6 is 0 Å². The van der Waals surface area contributed by atoms with Gasteiger partial charge in [0, 0.05) is 5.50 Å². The second-order valence-electron chi connectivity index (χ2n) is 4.32. The van der Waals surface area contributed by atoms with Gasteiger partial charge in [0.2, 0.25) is 0 Å². The Morgan fingerprint density at radius 3 is 1.71 bits per heavy atom. The van der Waals surface area contributed by atoms with Gasteiger partial charge >= 0.3 is 6.18 Å². The van der Waals surface area contributed by atoms with Gasteiger partial charge in [-0.15, -0.1) is 0 Å². The minimum absolute atomic E-state index is 0.0848. The molecular weight excluding hydrogens is 192 g/mol. The molecule has 2 radical (unpaired) electrons. The Morgan fingerprint density at radius 1 is 1.07 bits per heavy atom. The van der Waals surface area contributed by atoms with Crippen LogP contribution in [0.1, 0.15) is 32.6 Å². The van der Waals surface area contributed by atoms with Gasteiger partial charge < -0.3 is 5.11 Å². The smallest absolute Gasteiger partial charge is 0.391 e. The number of hydrogen-bond donors (Lipinski definition) is 1. The molecule has 5 heteroatoms. The van der Waals surface area contributed by atoms with Gasteiger partial charge in [-0.25, -0.2) is 0 Å². The number of aliphatic hydroxyl groups is 1. The molecule has 0 saturated heterocycles. The Morgan fingerprint density at radius 2 is 1.43 bits per heavy atom. The predicted molar refractivity (Wildman–Crippen MR) is 47.9 cm³/mol. The topological polar surface area (TPSA) is 20.2 Å². The largest absolute Gasteiger partial charge is 0.400 e. The van der Waals surface area contributed by atoms with E-state index in [0.717, 1.165) is 0 Å². The maximum absolute atomic E-state index is 12.3. The fraction of sp³-hybridized carbons (Fsp3) is 1.00. The number of halogens is 3. The molecule has 1 N–H and O–H groups in total. The first-order chi connectivity index (χ1) is 6.21. The monoisotopic (exact) mass is 206 g/mol. The highest BCUT2D eigenvalue weighted by Crippen LogP contribution is 2.41. The Kier molecular flexibility index (Phi) is 3.19. The van der Waals surface area contributed by atoms with Crippen LogP contribution < -0.4 is 0 Å². The summed E-state index contributed by atoms with van der Waals surface area (Å²) < 4.78 is 36.8. The third kappa shape index (κ3) is 2.90. The van der Waals surface area contributed by atoms with Crippen molar-refractivity contribution in [2.24, 2.45) is 11.8 Å². The molecule has 0 spiro atoms. The van der Waals surface area contributed by atoms with Crippen molar-refractivity contribution >= 4 is 7.85 Å². The molecule has 0 aromatic rings. The zero-order chi connectivity index (χ0) is 11.0. The van der Waals surface area contributed by atoms with Crippen LogP contribution in [0.3, 0.4) is 0 Å². The molecule has 1 unspecified atom stereocenters. The van der Waals surface area contributed by atoms with Crippen molar-refractivity contribution < 1.29 is 18.3 Å². The van der Waals surface area contributed by atoms with Crippen molar-refractivity contribution in [3.05, 3.63) is 0 Å². The van der Waals surface area contributed by atoms with Crippen LogP contribution in [0.25, 0.3) is 0 Å². The van der Waals surface area contributed by atoms with Gasteiger partial charge in [-0.2, -0.15) is 13.2 Å². The first kappa shape index (κ1) is 11.9.